The van der Waals surface area contributed by atoms with Crippen LogP contribution in [0.15, 0.2) is 30.3 Å². The van der Waals surface area contributed by atoms with Gasteiger partial charge in [0.2, 0.25) is 0 Å². The molecular weight excluding hydrogens is 242 g/mol. The molecule has 0 heterocycles. The third kappa shape index (κ3) is 6.25. The highest BCUT2D eigenvalue weighted by molar-refractivity contribution is 5.77. The predicted molar refractivity (Wildman–Crippen MR) is 73.1 cm³/mol. The summed E-state index contributed by atoms with van der Waals surface area (Å²) >= 11 is 0. The molecule has 1 fully saturated rings. The van der Waals surface area contributed by atoms with E-state index < -0.39 is 0 Å². The third-order valence-corrected chi connectivity index (χ3v) is 2.95. The van der Waals surface area contributed by atoms with Crippen LogP contribution >= 0.6 is 0 Å². The highest BCUT2D eigenvalue weighted by Crippen LogP contribution is 2.28. The maximum atomic E-state index is 11.5. The normalized spacial score (nSPS) is 14.1. The molecule has 104 valence electrons. The summed E-state index contributed by atoms with van der Waals surface area (Å²) in [6, 6.07) is 9.33. The first-order valence-electron chi connectivity index (χ1n) is 6.87. The van der Waals surface area contributed by atoms with Crippen molar-refractivity contribution in [1.82, 2.24) is 5.32 Å². The second kappa shape index (κ2) is 7.79. The maximum absolute atomic E-state index is 11.5. The molecule has 0 aromatic heterocycles. The number of para-hydroxylation sites is 1. The summed E-state index contributed by atoms with van der Waals surface area (Å²) in [7, 11) is 0. The monoisotopic (exact) mass is 263 g/mol. The summed E-state index contributed by atoms with van der Waals surface area (Å²) in [5, 5.41) is 2.81. The number of hydrogen-bond donors (Lipinski definition) is 1. The zero-order valence-corrected chi connectivity index (χ0v) is 11.1. The first-order chi connectivity index (χ1) is 9.34. The van der Waals surface area contributed by atoms with Crippen LogP contribution in [0.25, 0.3) is 0 Å². The van der Waals surface area contributed by atoms with Gasteiger partial charge in [-0.05, 0) is 37.3 Å². The Balaban J connectivity index is 1.45. The van der Waals surface area contributed by atoms with Crippen LogP contribution in [0, 0.1) is 5.92 Å². The number of carbonyl (C=O) groups is 1. The summed E-state index contributed by atoms with van der Waals surface area (Å²) in [6.45, 7) is 2.30. The largest absolute Gasteiger partial charge is 0.484 e. The van der Waals surface area contributed by atoms with E-state index in [1.807, 2.05) is 30.3 Å². The molecule has 0 bridgehead atoms. The van der Waals surface area contributed by atoms with Gasteiger partial charge in [-0.25, -0.2) is 0 Å². The number of hydrogen-bond acceptors (Lipinski definition) is 3. The highest BCUT2D eigenvalue weighted by atomic mass is 16.5. The van der Waals surface area contributed by atoms with Crippen LogP contribution in [-0.2, 0) is 9.53 Å². The summed E-state index contributed by atoms with van der Waals surface area (Å²) < 4.78 is 10.8. The fourth-order valence-corrected chi connectivity index (χ4v) is 1.65. The Morgan fingerprint density at radius 1 is 1.26 bits per heavy atom. The molecule has 2 rings (SSSR count). The minimum absolute atomic E-state index is 0.0624. The van der Waals surface area contributed by atoms with Gasteiger partial charge in [0.1, 0.15) is 5.75 Å². The lowest BCUT2D eigenvalue weighted by Gasteiger charge is -2.07. The van der Waals surface area contributed by atoms with Crippen LogP contribution < -0.4 is 10.1 Å². The molecule has 1 aromatic rings. The molecule has 0 unspecified atom stereocenters. The number of rotatable bonds is 9. The van der Waals surface area contributed by atoms with E-state index in [1.54, 1.807) is 0 Å². The quantitative estimate of drug-likeness (QED) is 0.693. The molecule has 0 aliphatic heterocycles. The minimum Gasteiger partial charge on any atom is -0.484 e. The van der Waals surface area contributed by atoms with Crippen molar-refractivity contribution in [3.8, 4) is 5.75 Å². The van der Waals surface area contributed by atoms with Crippen LogP contribution in [0.4, 0.5) is 0 Å². The first kappa shape index (κ1) is 13.9. The Hall–Kier alpha value is -1.55. The van der Waals surface area contributed by atoms with Crippen LogP contribution in [0.2, 0.25) is 0 Å². The van der Waals surface area contributed by atoms with E-state index >= 15 is 0 Å². The second-order valence-electron chi connectivity index (χ2n) is 4.82. The van der Waals surface area contributed by atoms with Crippen molar-refractivity contribution in [2.24, 2.45) is 5.92 Å². The minimum atomic E-state index is -0.0916. The van der Waals surface area contributed by atoms with Crippen LogP contribution in [0.3, 0.4) is 0 Å². The van der Waals surface area contributed by atoms with E-state index in [4.69, 9.17) is 9.47 Å². The Morgan fingerprint density at radius 3 is 2.79 bits per heavy atom. The first-order valence-corrected chi connectivity index (χ1v) is 6.87. The lowest BCUT2D eigenvalue weighted by molar-refractivity contribution is -0.123. The molecular formula is C15H21NO3. The third-order valence-electron chi connectivity index (χ3n) is 2.95. The Bertz CT molecular complexity index is 376. The zero-order chi connectivity index (χ0) is 13.3. The van der Waals surface area contributed by atoms with Crippen LogP contribution in [-0.4, -0.2) is 32.3 Å². The number of carbonyl (C=O) groups excluding carboxylic acids is 1. The smallest absolute Gasteiger partial charge is 0.257 e. The molecule has 1 aliphatic carbocycles. The average Bonchev–Trinajstić information content (AvgIpc) is 3.26. The van der Waals surface area contributed by atoms with Gasteiger partial charge in [-0.3, -0.25) is 4.79 Å². The molecule has 0 saturated heterocycles. The van der Waals surface area contributed by atoms with Gasteiger partial charge in [0.05, 0.1) is 0 Å². The van der Waals surface area contributed by atoms with Crippen molar-refractivity contribution in [2.75, 3.05) is 26.4 Å². The molecule has 19 heavy (non-hydrogen) atoms. The average molecular weight is 263 g/mol. The summed E-state index contributed by atoms with van der Waals surface area (Å²) in [5.74, 6) is 1.42. The fourth-order valence-electron chi connectivity index (χ4n) is 1.65. The van der Waals surface area contributed by atoms with E-state index in [-0.39, 0.29) is 12.5 Å². The van der Waals surface area contributed by atoms with Crippen molar-refractivity contribution in [1.29, 1.82) is 0 Å². The molecule has 1 amide bonds. The molecule has 0 radical (unpaired) electrons. The van der Waals surface area contributed by atoms with Crippen LogP contribution in [0.5, 0.6) is 5.75 Å². The van der Waals surface area contributed by atoms with Gasteiger partial charge in [-0.2, -0.15) is 0 Å². The fraction of sp³-hybridized carbons (Fsp3) is 0.533. The van der Waals surface area contributed by atoms with Crippen molar-refractivity contribution in [2.45, 2.75) is 19.3 Å². The number of amides is 1. The van der Waals surface area contributed by atoms with Crippen LogP contribution in [0.1, 0.15) is 19.3 Å². The highest BCUT2D eigenvalue weighted by Gasteiger charge is 2.20. The molecule has 4 nitrogen and oxygen atoms in total. The van der Waals surface area contributed by atoms with Gasteiger partial charge >= 0.3 is 0 Å². The lowest BCUT2D eigenvalue weighted by atomic mass is 10.3. The summed E-state index contributed by atoms with van der Waals surface area (Å²) in [5.41, 5.74) is 0. The maximum Gasteiger partial charge on any atom is 0.257 e. The summed E-state index contributed by atoms with van der Waals surface area (Å²) in [4.78, 5) is 11.5. The molecule has 4 heteroatoms. The Kier molecular flexibility index (Phi) is 5.69. The molecule has 1 N–H and O–H groups in total. The van der Waals surface area contributed by atoms with E-state index in [0.717, 1.165) is 25.6 Å². The van der Waals surface area contributed by atoms with Gasteiger partial charge in [0.15, 0.2) is 6.61 Å². The molecule has 1 aromatic carbocycles. The number of benzene rings is 1. The second-order valence-corrected chi connectivity index (χ2v) is 4.82. The van der Waals surface area contributed by atoms with Crippen molar-refractivity contribution in [3.05, 3.63) is 30.3 Å². The van der Waals surface area contributed by atoms with E-state index in [9.17, 15) is 4.79 Å². The van der Waals surface area contributed by atoms with E-state index in [2.05, 4.69) is 5.32 Å². The molecule has 1 saturated carbocycles. The Morgan fingerprint density at radius 2 is 2.05 bits per heavy atom. The molecule has 0 spiro atoms. The van der Waals surface area contributed by atoms with E-state index in [0.29, 0.717) is 12.3 Å². The summed E-state index contributed by atoms with van der Waals surface area (Å²) in [6.07, 6.45) is 3.48. The topological polar surface area (TPSA) is 47.6 Å². The van der Waals surface area contributed by atoms with Gasteiger partial charge in [-0.1, -0.05) is 18.2 Å². The van der Waals surface area contributed by atoms with Gasteiger partial charge in [-0.15, -0.1) is 0 Å². The van der Waals surface area contributed by atoms with E-state index in [1.165, 1.54) is 12.8 Å². The predicted octanol–water partition coefficient (Wildman–Crippen LogP) is 2.00. The lowest BCUT2D eigenvalue weighted by Crippen LogP contribution is -2.30. The van der Waals surface area contributed by atoms with Gasteiger partial charge in [0, 0.05) is 19.8 Å². The molecule has 1 aliphatic rings. The standard InChI is InChI=1S/C15H21NO3/c17-15(12-19-14-5-2-1-3-6-14)16-9-4-10-18-11-13-7-8-13/h1-3,5-6,13H,4,7-12H2,(H,16,17). The van der Waals surface area contributed by atoms with Crippen molar-refractivity contribution >= 4 is 5.91 Å². The number of ether oxygens (including phenoxy) is 2. The van der Waals surface area contributed by atoms with Gasteiger partial charge < -0.3 is 14.8 Å². The molecule has 0 atom stereocenters. The SMILES string of the molecule is O=C(COc1ccccc1)NCCCOCC1CC1. The van der Waals surface area contributed by atoms with Crippen molar-refractivity contribution in [3.63, 3.8) is 0 Å². The zero-order valence-electron chi connectivity index (χ0n) is 11.1. The van der Waals surface area contributed by atoms with Gasteiger partial charge in [0.25, 0.3) is 5.91 Å². The Labute approximate surface area is 114 Å². The number of nitrogens with one attached hydrogen (secondary N) is 1. The van der Waals surface area contributed by atoms with Crippen molar-refractivity contribution < 1.29 is 14.3 Å².